The molecule has 6 heteroatoms. The quantitative estimate of drug-likeness (QED) is 0.925. The second-order valence-electron chi connectivity index (χ2n) is 7.32. The average Bonchev–Trinajstić information content (AvgIpc) is 3.38. The summed E-state index contributed by atoms with van der Waals surface area (Å²) in [6, 6.07) is 7.62. The fraction of sp³-hybridized carbons (Fsp3) is 0.526. The van der Waals surface area contributed by atoms with Crippen LogP contribution in [0.4, 0.5) is 0 Å². The topological polar surface area (TPSA) is 85.2 Å². The zero-order valence-corrected chi connectivity index (χ0v) is 14.5. The van der Waals surface area contributed by atoms with E-state index in [-0.39, 0.29) is 11.9 Å². The highest BCUT2D eigenvalue weighted by Crippen LogP contribution is 2.39. The van der Waals surface area contributed by atoms with Gasteiger partial charge in [-0.3, -0.25) is 4.79 Å². The van der Waals surface area contributed by atoms with Crippen LogP contribution in [0.2, 0.25) is 0 Å². The Labute approximate surface area is 147 Å². The summed E-state index contributed by atoms with van der Waals surface area (Å²) in [5.74, 6) is 2.12. The summed E-state index contributed by atoms with van der Waals surface area (Å²) >= 11 is 0. The van der Waals surface area contributed by atoms with Crippen LogP contribution in [-0.2, 0) is 0 Å². The standard InChI is InChI=1S/C19H24N4O2/c1-12(20)16-6-3-9-23(11-16)19(24)15-5-2-4-14(10-15)17-21-18(25-22-17)13-7-8-13/h2,4-5,10,12-13,16H,3,6-9,11,20H2,1H3/t12-,16-/m0/s1. The number of carbonyl (C=O) groups excluding carboxylic acids is 1. The van der Waals surface area contributed by atoms with Crippen LogP contribution in [0.1, 0.15) is 54.8 Å². The predicted octanol–water partition coefficient (Wildman–Crippen LogP) is 2.81. The molecule has 1 saturated carbocycles. The van der Waals surface area contributed by atoms with Crippen LogP contribution in [0, 0.1) is 5.92 Å². The van der Waals surface area contributed by atoms with Gasteiger partial charge >= 0.3 is 0 Å². The van der Waals surface area contributed by atoms with Crippen molar-refractivity contribution >= 4 is 5.91 Å². The Morgan fingerprint density at radius 1 is 1.36 bits per heavy atom. The van der Waals surface area contributed by atoms with Crippen molar-refractivity contribution in [2.24, 2.45) is 11.7 Å². The van der Waals surface area contributed by atoms with Gasteiger partial charge in [0.15, 0.2) is 0 Å². The summed E-state index contributed by atoms with van der Waals surface area (Å²) in [6.07, 6.45) is 4.34. The van der Waals surface area contributed by atoms with Crippen molar-refractivity contribution in [1.29, 1.82) is 0 Å². The van der Waals surface area contributed by atoms with E-state index < -0.39 is 0 Å². The minimum absolute atomic E-state index is 0.0538. The molecule has 132 valence electrons. The van der Waals surface area contributed by atoms with Crippen molar-refractivity contribution in [1.82, 2.24) is 15.0 Å². The molecule has 1 aliphatic heterocycles. The summed E-state index contributed by atoms with van der Waals surface area (Å²) in [5.41, 5.74) is 7.52. The lowest BCUT2D eigenvalue weighted by Crippen LogP contribution is -2.45. The molecule has 2 heterocycles. The van der Waals surface area contributed by atoms with Crippen LogP contribution >= 0.6 is 0 Å². The van der Waals surface area contributed by atoms with Gasteiger partial charge in [0.2, 0.25) is 11.7 Å². The summed E-state index contributed by atoms with van der Waals surface area (Å²) < 4.78 is 5.33. The first-order valence-electron chi connectivity index (χ1n) is 9.10. The number of hydrogen-bond acceptors (Lipinski definition) is 5. The lowest BCUT2D eigenvalue weighted by Gasteiger charge is -2.34. The van der Waals surface area contributed by atoms with Crippen LogP contribution in [0.15, 0.2) is 28.8 Å². The van der Waals surface area contributed by atoms with E-state index in [1.54, 1.807) is 0 Å². The first kappa shape index (κ1) is 16.3. The number of benzene rings is 1. The highest BCUT2D eigenvalue weighted by Gasteiger charge is 2.30. The molecule has 4 rings (SSSR count). The third kappa shape index (κ3) is 3.44. The second-order valence-corrected chi connectivity index (χ2v) is 7.32. The van der Waals surface area contributed by atoms with Gasteiger partial charge in [-0.1, -0.05) is 17.3 Å². The third-order valence-electron chi connectivity index (χ3n) is 5.22. The lowest BCUT2D eigenvalue weighted by atomic mass is 9.92. The molecule has 2 aliphatic rings. The van der Waals surface area contributed by atoms with E-state index in [2.05, 4.69) is 10.1 Å². The average molecular weight is 340 g/mol. The molecule has 1 aromatic heterocycles. The second kappa shape index (κ2) is 6.59. The number of amides is 1. The first-order valence-corrected chi connectivity index (χ1v) is 9.10. The van der Waals surface area contributed by atoms with E-state index in [0.717, 1.165) is 44.3 Å². The normalized spacial score (nSPS) is 22.0. The molecule has 0 unspecified atom stereocenters. The highest BCUT2D eigenvalue weighted by atomic mass is 16.5. The van der Waals surface area contributed by atoms with Crippen LogP contribution in [0.3, 0.4) is 0 Å². The van der Waals surface area contributed by atoms with Gasteiger partial charge in [0, 0.05) is 36.2 Å². The number of nitrogens with two attached hydrogens (primary N) is 1. The number of likely N-dealkylation sites (tertiary alicyclic amines) is 1. The molecule has 0 bridgehead atoms. The van der Waals surface area contributed by atoms with Crippen molar-refractivity contribution in [2.75, 3.05) is 13.1 Å². The summed E-state index contributed by atoms with van der Waals surface area (Å²) in [7, 11) is 0. The van der Waals surface area contributed by atoms with Gasteiger partial charge in [-0.25, -0.2) is 0 Å². The van der Waals surface area contributed by atoms with E-state index in [1.807, 2.05) is 36.1 Å². The number of rotatable bonds is 4. The molecule has 0 radical (unpaired) electrons. The van der Waals surface area contributed by atoms with E-state index in [0.29, 0.717) is 29.1 Å². The van der Waals surface area contributed by atoms with E-state index in [9.17, 15) is 4.79 Å². The Morgan fingerprint density at radius 2 is 2.20 bits per heavy atom. The van der Waals surface area contributed by atoms with Gasteiger partial charge in [-0.05, 0) is 50.7 Å². The van der Waals surface area contributed by atoms with E-state index in [4.69, 9.17) is 10.3 Å². The Hall–Kier alpha value is -2.21. The molecule has 1 amide bonds. The third-order valence-corrected chi connectivity index (χ3v) is 5.22. The minimum atomic E-state index is 0.0538. The van der Waals surface area contributed by atoms with Crippen molar-refractivity contribution in [3.05, 3.63) is 35.7 Å². The molecule has 1 aromatic carbocycles. The SMILES string of the molecule is C[C@H](N)[C@H]1CCCN(C(=O)c2cccc(-c3noc(C4CC4)n3)c2)C1. The van der Waals surface area contributed by atoms with Gasteiger partial charge < -0.3 is 15.2 Å². The molecule has 2 fully saturated rings. The van der Waals surface area contributed by atoms with Gasteiger partial charge in [-0.15, -0.1) is 0 Å². The predicted molar refractivity (Wildman–Crippen MR) is 94.0 cm³/mol. The molecule has 2 atom stereocenters. The molecule has 1 saturated heterocycles. The fourth-order valence-corrected chi connectivity index (χ4v) is 3.45. The minimum Gasteiger partial charge on any atom is -0.339 e. The summed E-state index contributed by atoms with van der Waals surface area (Å²) in [5, 5.41) is 4.07. The zero-order chi connectivity index (χ0) is 17.4. The smallest absolute Gasteiger partial charge is 0.253 e. The monoisotopic (exact) mass is 340 g/mol. The molecule has 2 N–H and O–H groups in total. The van der Waals surface area contributed by atoms with Crippen molar-refractivity contribution in [2.45, 2.75) is 44.6 Å². The van der Waals surface area contributed by atoms with E-state index in [1.165, 1.54) is 0 Å². The summed E-state index contributed by atoms with van der Waals surface area (Å²) in [4.78, 5) is 19.3. The van der Waals surface area contributed by atoms with Gasteiger partial charge in [-0.2, -0.15) is 4.98 Å². The molecule has 25 heavy (non-hydrogen) atoms. The maximum absolute atomic E-state index is 12.9. The van der Waals surface area contributed by atoms with Crippen molar-refractivity contribution in [3.63, 3.8) is 0 Å². The van der Waals surface area contributed by atoms with E-state index >= 15 is 0 Å². The first-order chi connectivity index (χ1) is 12.1. The summed E-state index contributed by atoms with van der Waals surface area (Å²) in [6.45, 7) is 3.54. The Bertz CT molecular complexity index is 766. The maximum Gasteiger partial charge on any atom is 0.253 e. The number of hydrogen-bond donors (Lipinski definition) is 1. The highest BCUT2D eigenvalue weighted by molar-refractivity contribution is 5.95. The number of carbonyl (C=O) groups is 1. The molecule has 1 aliphatic carbocycles. The van der Waals surface area contributed by atoms with Crippen molar-refractivity contribution in [3.8, 4) is 11.4 Å². The fourth-order valence-electron chi connectivity index (χ4n) is 3.45. The largest absolute Gasteiger partial charge is 0.339 e. The van der Waals surface area contributed by atoms with Gasteiger partial charge in [0.05, 0.1) is 0 Å². The Morgan fingerprint density at radius 3 is 2.96 bits per heavy atom. The van der Waals surface area contributed by atoms with Gasteiger partial charge in [0.1, 0.15) is 0 Å². The Balaban J connectivity index is 1.52. The van der Waals surface area contributed by atoms with Crippen LogP contribution in [0.5, 0.6) is 0 Å². The Kier molecular flexibility index (Phi) is 4.29. The number of nitrogens with zero attached hydrogens (tertiary/aromatic N) is 3. The molecule has 6 nitrogen and oxygen atoms in total. The van der Waals surface area contributed by atoms with Crippen LogP contribution in [-0.4, -0.2) is 40.1 Å². The lowest BCUT2D eigenvalue weighted by molar-refractivity contribution is 0.0661. The zero-order valence-electron chi connectivity index (χ0n) is 14.5. The molecule has 2 aromatic rings. The van der Waals surface area contributed by atoms with Gasteiger partial charge in [0.25, 0.3) is 5.91 Å². The molecular formula is C19H24N4O2. The van der Waals surface area contributed by atoms with Crippen LogP contribution in [0.25, 0.3) is 11.4 Å². The van der Waals surface area contributed by atoms with Crippen LogP contribution < -0.4 is 5.73 Å². The molecular weight excluding hydrogens is 316 g/mol. The van der Waals surface area contributed by atoms with Crippen molar-refractivity contribution < 1.29 is 9.32 Å². The number of aromatic nitrogens is 2. The molecule has 0 spiro atoms. The maximum atomic E-state index is 12.9. The number of piperidine rings is 1.